The molecule has 1 saturated heterocycles. The molecule has 168 valence electrons. The zero-order chi connectivity index (χ0) is 23.1. The minimum absolute atomic E-state index is 0.115. The van der Waals surface area contributed by atoms with Crippen molar-refractivity contribution in [2.45, 2.75) is 19.8 Å². The lowest BCUT2D eigenvalue weighted by Gasteiger charge is -2.31. The third kappa shape index (κ3) is 5.81. The summed E-state index contributed by atoms with van der Waals surface area (Å²) in [4.78, 5) is 49.1. The number of likely N-dealkylation sites (tertiary alicyclic amines) is 1. The van der Waals surface area contributed by atoms with Crippen LogP contribution in [-0.2, 0) is 14.3 Å². The van der Waals surface area contributed by atoms with Crippen molar-refractivity contribution in [1.29, 1.82) is 0 Å². The molecule has 1 aliphatic rings. The molecule has 0 bridgehead atoms. The Morgan fingerprint density at radius 2 is 1.88 bits per heavy atom. The van der Waals surface area contributed by atoms with Gasteiger partial charge < -0.3 is 20.3 Å². The Bertz CT molecular complexity index is 1010. The third-order valence-corrected chi connectivity index (χ3v) is 5.19. The van der Waals surface area contributed by atoms with E-state index in [0.717, 1.165) is 0 Å². The van der Waals surface area contributed by atoms with E-state index in [-0.39, 0.29) is 24.0 Å². The summed E-state index contributed by atoms with van der Waals surface area (Å²) in [7, 11) is 0. The lowest BCUT2D eigenvalue weighted by atomic mass is 9.98. The molecule has 2 aromatic carbocycles. The molecule has 1 fully saturated rings. The number of piperidine rings is 1. The fraction of sp³-hybridized carbons (Fsp3) is 0.318. The molecule has 0 spiro atoms. The Morgan fingerprint density at radius 3 is 2.59 bits per heavy atom. The van der Waals surface area contributed by atoms with E-state index < -0.39 is 29.3 Å². The molecule has 3 rings (SSSR count). The normalized spacial score (nSPS) is 15.5. The van der Waals surface area contributed by atoms with Crippen LogP contribution in [0.1, 0.15) is 18.4 Å². The maximum absolute atomic E-state index is 12.5. The topological polar surface area (TPSA) is 131 Å². The van der Waals surface area contributed by atoms with Crippen LogP contribution in [0.3, 0.4) is 0 Å². The molecule has 0 saturated carbocycles. The van der Waals surface area contributed by atoms with Crippen LogP contribution < -0.4 is 10.6 Å². The molecule has 1 atom stereocenters. The maximum Gasteiger partial charge on any atom is 0.321 e. The second-order valence-electron chi connectivity index (χ2n) is 7.44. The zero-order valence-electron chi connectivity index (χ0n) is 17.6. The van der Waals surface area contributed by atoms with Gasteiger partial charge in [-0.1, -0.05) is 24.3 Å². The molecule has 2 N–H and O–H groups in total. The van der Waals surface area contributed by atoms with Crippen LogP contribution in [0, 0.1) is 23.0 Å². The predicted octanol–water partition coefficient (Wildman–Crippen LogP) is 3.33. The van der Waals surface area contributed by atoms with Crippen molar-refractivity contribution in [1.82, 2.24) is 4.90 Å². The number of amides is 3. The summed E-state index contributed by atoms with van der Waals surface area (Å²) < 4.78 is 5.14. The van der Waals surface area contributed by atoms with Gasteiger partial charge in [-0.05, 0) is 38.0 Å². The highest BCUT2D eigenvalue weighted by atomic mass is 16.6. The van der Waals surface area contributed by atoms with Crippen molar-refractivity contribution in [2.24, 2.45) is 5.92 Å². The third-order valence-electron chi connectivity index (χ3n) is 5.19. The molecule has 2 aromatic rings. The average Bonchev–Trinajstić information content (AvgIpc) is 2.79. The molecule has 0 aliphatic carbocycles. The summed E-state index contributed by atoms with van der Waals surface area (Å²) in [6.07, 6.45) is 1.20. The largest absolute Gasteiger partial charge is 0.455 e. The lowest BCUT2D eigenvalue weighted by Crippen LogP contribution is -2.45. The summed E-state index contributed by atoms with van der Waals surface area (Å²) in [5.74, 6) is -1.69. The number of anilines is 2. The minimum atomic E-state index is -0.601. The SMILES string of the molecule is Cc1c(NC(=O)COC(=O)C2CCCN(C(=O)Nc3ccccc3)C2)cccc1[N+](=O)[O-]. The number of carbonyl (C=O) groups is 3. The first-order valence-corrected chi connectivity index (χ1v) is 10.2. The highest BCUT2D eigenvalue weighted by molar-refractivity contribution is 5.94. The molecule has 1 aliphatic heterocycles. The number of ether oxygens (including phenoxy) is 1. The van der Waals surface area contributed by atoms with Gasteiger partial charge in [-0.2, -0.15) is 0 Å². The molecule has 10 nitrogen and oxygen atoms in total. The van der Waals surface area contributed by atoms with E-state index in [0.29, 0.717) is 30.6 Å². The molecule has 1 heterocycles. The van der Waals surface area contributed by atoms with E-state index in [4.69, 9.17) is 4.74 Å². The number of nitro benzene ring substituents is 1. The average molecular weight is 440 g/mol. The fourth-order valence-corrected chi connectivity index (χ4v) is 3.48. The van der Waals surface area contributed by atoms with Crippen molar-refractivity contribution in [3.63, 3.8) is 0 Å². The Kier molecular flexibility index (Phi) is 7.37. The van der Waals surface area contributed by atoms with E-state index >= 15 is 0 Å². The Morgan fingerprint density at radius 1 is 1.12 bits per heavy atom. The first-order chi connectivity index (χ1) is 15.3. The molecule has 32 heavy (non-hydrogen) atoms. The van der Waals surface area contributed by atoms with Gasteiger partial charge in [-0.15, -0.1) is 0 Å². The molecule has 0 radical (unpaired) electrons. The number of rotatable bonds is 6. The van der Waals surface area contributed by atoms with E-state index in [1.54, 1.807) is 17.0 Å². The number of carbonyl (C=O) groups excluding carboxylic acids is 3. The Labute approximate surface area is 184 Å². The number of urea groups is 1. The van der Waals surface area contributed by atoms with Gasteiger partial charge in [0.2, 0.25) is 0 Å². The van der Waals surface area contributed by atoms with Gasteiger partial charge in [-0.3, -0.25) is 19.7 Å². The number of nitrogens with one attached hydrogen (secondary N) is 2. The summed E-state index contributed by atoms with van der Waals surface area (Å²) in [6.45, 7) is 1.72. The van der Waals surface area contributed by atoms with Crippen LogP contribution in [0.2, 0.25) is 0 Å². The highest BCUT2D eigenvalue weighted by Crippen LogP contribution is 2.25. The summed E-state index contributed by atoms with van der Waals surface area (Å²) in [6, 6.07) is 13.1. The smallest absolute Gasteiger partial charge is 0.321 e. The van der Waals surface area contributed by atoms with E-state index in [2.05, 4.69) is 10.6 Å². The zero-order valence-corrected chi connectivity index (χ0v) is 17.6. The number of nitrogens with zero attached hydrogens (tertiary/aromatic N) is 2. The van der Waals surface area contributed by atoms with Gasteiger partial charge >= 0.3 is 12.0 Å². The monoisotopic (exact) mass is 440 g/mol. The Hall–Kier alpha value is -3.95. The fourth-order valence-electron chi connectivity index (χ4n) is 3.48. The first kappa shape index (κ1) is 22.7. The van der Waals surface area contributed by atoms with Gasteiger partial charge in [0, 0.05) is 24.8 Å². The number of hydrogen-bond donors (Lipinski definition) is 2. The summed E-state index contributed by atoms with van der Waals surface area (Å²) >= 11 is 0. The standard InChI is InChI=1S/C22H24N4O6/c1-15-18(10-5-11-19(15)26(30)31)24-20(27)14-32-21(28)16-7-6-12-25(13-16)22(29)23-17-8-3-2-4-9-17/h2-5,8-11,16H,6-7,12-14H2,1H3,(H,23,29)(H,24,27). The minimum Gasteiger partial charge on any atom is -0.455 e. The molecular weight excluding hydrogens is 416 g/mol. The van der Waals surface area contributed by atoms with Gasteiger partial charge in [-0.25, -0.2) is 4.79 Å². The quantitative estimate of drug-likeness (QED) is 0.402. The first-order valence-electron chi connectivity index (χ1n) is 10.2. The molecular formula is C22H24N4O6. The second kappa shape index (κ2) is 10.4. The van der Waals surface area contributed by atoms with Crippen molar-refractivity contribution >= 4 is 35.0 Å². The van der Waals surface area contributed by atoms with Gasteiger partial charge in [0.15, 0.2) is 6.61 Å². The predicted molar refractivity (Wildman–Crippen MR) is 117 cm³/mol. The van der Waals surface area contributed by atoms with E-state index in [1.165, 1.54) is 25.1 Å². The van der Waals surface area contributed by atoms with E-state index in [1.807, 2.05) is 18.2 Å². The van der Waals surface area contributed by atoms with E-state index in [9.17, 15) is 24.5 Å². The van der Waals surface area contributed by atoms with Gasteiger partial charge in [0.05, 0.1) is 22.1 Å². The van der Waals surface area contributed by atoms with Crippen LogP contribution in [0.4, 0.5) is 21.9 Å². The van der Waals surface area contributed by atoms with Crippen LogP contribution >= 0.6 is 0 Å². The molecule has 0 aromatic heterocycles. The number of esters is 1. The summed E-state index contributed by atoms with van der Waals surface area (Å²) in [5, 5.41) is 16.3. The van der Waals surface area contributed by atoms with Crippen molar-refractivity contribution in [3.05, 3.63) is 64.2 Å². The lowest BCUT2D eigenvalue weighted by molar-refractivity contribution is -0.385. The van der Waals surface area contributed by atoms with Crippen LogP contribution in [0.5, 0.6) is 0 Å². The highest BCUT2D eigenvalue weighted by Gasteiger charge is 2.30. The maximum atomic E-state index is 12.5. The van der Waals surface area contributed by atoms with Gasteiger partial charge in [0.1, 0.15) is 0 Å². The Balaban J connectivity index is 1.50. The number of hydrogen-bond acceptors (Lipinski definition) is 6. The molecule has 3 amide bonds. The summed E-state index contributed by atoms with van der Waals surface area (Å²) in [5.41, 5.74) is 1.14. The van der Waals surface area contributed by atoms with Gasteiger partial charge in [0.25, 0.3) is 11.6 Å². The van der Waals surface area contributed by atoms with Crippen molar-refractivity contribution in [2.75, 3.05) is 30.3 Å². The number of benzene rings is 2. The number of nitro groups is 1. The van der Waals surface area contributed by atoms with Crippen LogP contribution in [0.15, 0.2) is 48.5 Å². The molecule has 1 unspecified atom stereocenters. The number of para-hydroxylation sites is 1. The van der Waals surface area contributed by atoms with Crippen LogP contribution in [-0.4, -0.2) is 47.4 Å². The van der Waals surface area contributed by atoms with Crippen molar-refractivity contribution < 1.29 is 24.0 Å². The van der Waals surface area contributed by atoms with Crippen LogP contribution in [0.25, 0.3) is 0 Å². The van der Waals surface area contributed by atoms with Crippen molar-refractivity contribution in [3.8, 4) is 0 Å². The molecule has 10 heteroatoms. The second-order valence-corrected chi connectivity index (χ2v) is 7.44.